The molecule has 3 rings (SSSR count). The van der Waals surface area contributed by atoms with Gasteiger partial charge in [-0.25, -0.2) is 14.3 Å². The van der Waals surface area contributed by atoms with Crippen molar-refractivity contribution in [1.82, 2.24) is 20.4 Å². The lowest BCUT2D eigenvalue weighted by atomic mass is 10.2. The van der Waals surface area contributed by atoms with Crippen molar-refractivity contribution in [1.29, 1.82) is 0 Å². The summed E-state index contributed by atoms with van der Waals surface area (Å²) in [6.07, 6.45) is 4.48. The number of hydrogen-bond donors (Lipinski definition) is 2. The molecule has 0 aliphatic heterocycles. The first-order valence-electron chi connectivity index (χ1n) is 9.14. The van der Waals surface area contributed by atoms with Gasteiger partial charge in [-0.3, -0.25) is 10.1 Å². The Morgan fingerprint density at radius 1 is 1.28 bits per heavy atom. The topological polar surface area (TPSA) is 102 Å². The van der Waals surface area contributed by atoms with Crippen molar-refractivity contribution in [2.75, 3.05) is 6.61 Å². The van der Waals surface area contributed by atoms with Gasteiger partial charge in [0.2, 0.25) is 0 Å². The Kier molecular flexibility index (Phi) is 6.66. The summed E-state index contributed by atoms with van der Waals surface area (Å²) >= 11 is 6.38. The van der Waals surface area contributed by atoms with Crippen LogP contribution < -0.4 is 10.6 Å². The first kappa shape index (κ1) is 20.6. The van der Waals surface area contributed by atoms with Crippen molar-refractivity contribution >= 4 is 35.6 Å². The number of ether oxygens (including phenoxy) is 1. The molecule has 152 valence electrons. The molecular formula is C20H21ClN4O4. The number of benzene rings is 1. The van der Waals surface area contributed by atoms with Crippen molar-refractivity contribution in [3.05, 3.63) is 58.4 Å². The molecular weight excluding hydrogens is 396 g/mol. The zero-order chi connectivity index (χ0) is 20.8. The molecule has 1 saturated carbocycles. The fourth-order valence-electron chi connectivity index (χ4n) is 2.57. The van der Waals surface area contributed by atoms with Gasteiger partial charge < -0.3 is 10.1 Å². The van der Waals surface area contributed by atoms with Crippen molar-refractivity contribution < 1.29 is 19.1 Å². The highest BCUT2D eigenvalue weighted by Crippen LogP contribution is 2.22. The van der Waals surface area contributed by atoms with Gasteiger partial charge in [0.1, 0.15) is 5.15 Å². The van der Waals surface area contributed by atoms with Gasteiger partial charge in [-0.1, -0.05) is 41.9 Å². The molecule has 1 heterocycles. The summed E-state index contributed by atoms with van der Waals surface area (Å²) < 4.78 is 6.48. The molecule has 9 heteroatoms. The summed E-state index contributed by atoms with van der Waals surface area (Å²) in [7, 11) is 0. The number of aromatic nitrogens is 2. The van der Waals surface area contributed by atoms with Crippen LogP contribution in [0.15, 0.2) is 36.4 Å². The monoisotopic (exact) mass is 416 g/mol. The molecule has 3 amide bonds. The number of imide groups is 1. The van der Waals surface area contributed by atoms with Crippen LogP contribution in [0.3, 0.4) is 0 Å². The van der Waals surface area contributed by atoms with E-state index in [-0.39, 0.29) is 6.04 Å². The van der Waals surface area contributed by atoms with Crippen LogP contribution in [0.4, 0.5) is 4.79 Å². The molecule has 0 atom stereocenters. The van der Waals surface area contributed by atoms with E-state index in [1.165, 1.54) is 12.2 Å². The second-order valence-electron chi connectivity index (χ2n) is 6.67. The van der Waals surface area contributed by atoms with Crippen LogP contribution in [0.5, 0.6) is 0 Å². The van der Waals surface area contributed by atoms with Gasteiger partial charge in [0, 0.05) is 17.7 Å². The molecule has 29 heavy (non-hydrogen) atoms. The number of esters is 1. The van der Waals surface area contributed by atoms with Crippen LogP contribution >= 0.6 is 11.6 Å². The van der Waals surface area contributed by atoms with E-state index >= 15 is 0 Å². The molecule has 1 aromatic heterocycles. The highest BCUT2D eigenvalue weighted by Gasteiger charge is 2.24. The molecule has 0 spiro atoms. The van der Waals surface area contributed by atoms with Gasteiger partial charge in [0.05, 0.1) is 12.2 Å². The second kappa shape index (κ2) is 9.38. The van der Waals surface area contributed by atoms with Gasteiger partial charge in [-0.15, -0.1) is 0 Å². The van der Waals surface area contributed by atoms with Gasteiger partial charge in [-0.2, -0.15) is 5.10 Å². The Morgan fingerprint density at radius 2 is 2.00 bits per heavy atom. The van der Waals surface area contributed by atoms with E-state index in [4.69, 9.17) is 16.3 Å². The van der Waals surface area contributed by atoms with Crippen LogP contribution in [0.1, 0.15) is 29.7 Å². The molecule has 2 aromatic rings. The largest absolute Gasteiger partial charge is 0.452 e. The third kappa shape index (κ3) is 6.18. The predicted molar refractivity (Wildman–Crippen MR) is 107 cm³/mol. The Labute approximate surface area is 172 Å². The standard InChI is InChI=1S/C20H21ClN4O4/c1-13-16(19(21)25(24-13)11-14-5-3-2-4-6-14)9-10-18(27)29-12-17(26)23-20(28)22-15-7-8-15/h2-6,9-10,15H,7-8,11-12H2,1H3,(H2,22,23,26,28)/b10-9+. The van der Waals surface area contributed by atoms with E-state index in [0.29, 0.717) is 23.0 Å². The van der Waals surface area contributed by atoms with Crippen molar-refractivity contribution in [3.63, 3.8) is 0 Å². The molecule has 1 aliphatic rings. The minimum Gasteiger partial charge on any atom is -0.452 e. The number of nitrogens with zero attached hydrogens (tertiary/aromatic N) is 2. The fraction of sp³-hybridized carbons (Fsp3) is 0.300. The van der Waals surface area contributed by atoms with Gasteiger partial charge in [-0.05, 0) is 31.4 Å². The highest BCUT2D eigenvalue weighted by atomic mass is 35.5. The van der Waals surface area contributed by atoms with E-state index in [1.54, 1.807) is 11.6 Å². The molecule has 0 radical (unpaired) electrons. The number of carbonyl (C=O) groups excluding carboxylic acids is 3. The summed E-state index contributed by atoms with van der Waals surface area (Å²) in [4.78, 5) is 34.9. The fourth-order valence-corrected chi connectivity index (χ4v) is 2.86. The zero-order valence-corrected chi connectivity index (χ0v) is 16.6. The van der Waals surface area contributed by atoms with Crippen molar-refractivity contribution in [2.24, 2.45) is 0 Å². The van der Waals surface area contributed by atoms with Gasteiger partial charge >= 0.3 is 12.0 Å². The third-order valence-corrected chi connectivity index (χ3v) is 4.58. The number of halogens is 1. The van der Waals surface area contributed by atoms with Gasteiger partial charge in [0.15, 0.2) is 6.61 Å². The maximum atomic E-state index is 11.9. The zero-order valence-electron chi connectivity index (χ0n) is 15.9. The Hall–Kier alpha value is -3.13. The molecule has 8 nitrogen and oxygen atoms in total. The second-order valence-corrected chi connectivity index (χ2v) is 7.03. The first-order valence-corrected chi connectivity index (χ1v) is 9.52. The van der Waals surface area contributed by atoms with Crippen molar-refractivity contribution in [2.45, 2.75) is 32.4 Å². The predicted octanol–water partition coefficient (Wildman–Crippen LogP) is 2.44. The number of nitrogens with one attached hydrogen (secondary N) is 2. The number of urea groups is 1. The molecule has 1 fully saturated rings. The van der Waals surface area contributed by atoms with Crippen LogP contribution in [0.25, 0.3) is 6.08 Å². The number of carbonyl (C=O) groups is 3. The summed E-state index contributed by atoms with van der Waals surface area (Å²) in [6, 6.07) is 9.27. The van der Waals surface area contributed by atoms with Crippen LogP contribution in [0.2, 0.25) is 5.15 Å². The number of aryl methyl sites for hydroxylation is 1. The van der Waals surface area contributed by atoms with E-state index < -0.39 is 24.5 Å². The van der Waals surface area contributed by atoms with Crippen LogP contribution in [-0.4, -0.2) is 40.3 Å². The Morgan fingerprint density at radius 3 is 2.69 bits per heavy atom. The molecule has 2 N–H and O–H groups in total. The van der Waals surface area contributed by atoms with E-state index in [9.17, 15) is 14.4 Å². The molecule has 0 bridgehead atoms. The third-order valence-electron chi connectivity index (χ3n) is 4.18. The minimum absolute atomic E-state index is 0.129. The maximum absolute atomic E-state index is 11.9. The summed E-state index contributed by atoms with van der Waals surface area (Å²) in [5.41, 5.74) is 2.29. The Balaban J connectivity index is 1.51. The molecule has 0 saturated heterocycles. The molecule has 0 unspecified atom stereocenters. The summed E-state index contributed by atoms with van der Waals surface area (Å²) in [6.45, 7) is 1.73. The average molecular weight is 417 g/mol. The highest BCUT2D eigenvalue weighted by molar-refractivity contribution is 6.31. The first-order chi connectivity index (χ1) is 13.9. The Bertz CT molecular complexity index is 935. The van der Waals surface area contributed by atoms with E-state index in [2.05, 4.69) is 15.7 Å². The lowest BCUT2D eigenvalue weighted by Crippen LogP contribution is -2.42. The average Bonchev–Trinajstić information content (AvgIpc) is 3.45. The number of rotatable bonds is 7. The van der Waals surface area contributed by atoms with Crippen molar-refractivity contribution in [3.8, 4) is 0 Å². The van der Waals surface area contributed by atoms with Crippen LogP contribution in [-0.2, 0) is 20.9 Å². The van der Waals surface area contributed by atoms with Gasteiger partial charge in [0.25, 0.3) is 5.91 Å². The number of hydrogen-bond acceptors (Lipinski definition) is 5. The normalized spacial score (nSPS) is 13.3. The summed E-state index contributed by atoms with van der Waals surface area (Å²) in [5.74, 6) is -1.43. The smallest absolute Gasteiger partial charge is 0.331 e. The minimum atomic E-state index is -0.728. The summed E-state index contributed by atoms with van der Waals surface area (Å²) in [5, 5.41) is 9.49. The SMILES string of the molecule is Cc1nn(Cc2ccccc2)c(Cl)c1/C=C/C(=O)OCC(=O)NC(=O)NC1CC1. The maximum Gasteiger partial charge on any atom is 0.331 e. The molecule has 1 aromatic carbocycles. The lowest BCUT2D eigenvalue weighted by Gasteiger charge is -2.05. The molecule has 1 aliphatic carbocycles. The lowest BCUT2D eigenvalue weighted by molar-refractivity contribution is -0.143. The van der Waals surface area contributed by atoms with E-state index in [1.807, 2.05) is 30.3 Å². The van der Waals surface area contributed by atoms with Crippen LogP contribution in [0, 0.1) is 6.92 Å². The number of amides is 3. The van der Waals surface area contributed by atoms with E-state index in [0.717, 1.165) is 18.4 Å². The quantitative estimate of drug-likeness (QED) is 0.533.